The van der Waals surface area contributed by atoms with E-state index in [1.807, 2.05) is 78.9 Å². The highest BCUT2D eigenvalue weighted by atomic mass is 16.2. The molecule has 5 aromatic rings. The number of hydrogen-bond donors (Lipinski definition) is 2. The Morgan fingerprint density at radius 1 is 0.812 bits per heavy atom. The zero-order chi connectivity index (χ0) is 21.9. The molecule has 4 aromatic carbocycles. The van der Waals surface area contributed by atoms with Gasteiger partial charge in [0.1, 0.15) is 0 Å². The van der Waals surface area contributed by atoms with Gasteiger partial charge in [-0.1, -0.05) is 91.0 Å². The van der Waals surface area contributed by atoms with Crippen molar-refractivity contribution in [2.45, 2.75) is 12.8 Å². The molecule has 4 heteroatoms. The number of carbonyl (C=O) groups is 1. The molecule has 1 heterocycles. The number of H-pyrrole nitrogens is 1. The largest absolute Gasteiger partial charge is 0.308 e. The van der Waals surface area contributed by atoms with Gasteiger partial charge in [0.05, 0.1) is 11.4 Å². The molecule has 0 bridgehead atoms. The van der Waals surface area contributed by atoms with Crippen LogP contribution in [-0.4, -0.2) is 16.1 Å². The van der Waals surface area contributed by atoms with Crippen molar-refractivity contribution >= 4 is 22.6 Å². The van der Waals surface area contributed by atoms with Crippen molar-refractivity contribution in [3.05, 3.63) is 120 Å². The highest BCUT2D eigenvalue weighted by Crippen LogP contribution is 2.31. The van der Waals surface area contributed by atoms with Crippen LogP contribution >= 0.6 is 0 Å². The van der Waals surface area contributed by atoms with Crippen molar-refractivity contribution in [3.8, 4) is 11.1 Å². The normalized spacial score (nSPS) is 11.1. The number of anilines is 1. The van der Waals surface area contributed by atoms with E-state index in [0.717, 1.165) is 27.6 Å². The Morgan fingerprint density at radius 3 is 2.09 bits per heavy atom. The number of carbonyl (C=O) groups excluding carboxylic acids is 1. The Balaban J connectivity index is 1.48. The van der Waals surface area contributed by atoms with Crippen LogP contribution in [0.4, 0.5) is 5.82 Å². The molecule has 156 valence electrons. The smallest absolute Gasteiger partial charge is 0.237 e. The number of aromatic nitrogens is 2. The third-order valence-electron chi connectivity index (χ3n) is 5.79. The van der Waals surface area contributed by atoms with Crippen molar-refractivity contribution < 1.29 is 4.79 Å². The molecule has 1 aromatic heterocycles. The third kappa shape index (κ3) is 3.79. The van der Waals surface area contributed by atoms with Gasteiger partial charge in [0, 0.05) is 5.39 Å². The summed E-state index contributed by atoms with van der Waals surface area (Å²) in [6.07, 6.45) is 0. The summed E-state index contributed by atoms with van der Waals surface area (Å²) in [7, 11) is 0. The molecule has 0 fully saturated rings. The van der Waals surface area contributed by atoms with Gasteiger partial charge >= 0.3 is 0 Å². The monoisotopic (exact) mass is 417 g/mol. The maximum Gasteiger partial charge on any atom is 0.237 e. The summed E-state index contributed by atoms with van der Waals surface area (Å²) in [4.78, 5) is 13.4. The molecule has 32 heavy (non-hydrogen) atoms. The highest BCUT2D eigenvalue weighted by molar-refractivity contribution is 6.04. The lowest BCUT2D eigenvalue weighted by atomic mass is 9.90. The average molecular weight is 418 g/mol. The number of amides is 1. The summed E-state index contributed by atoms with van der Waals surface area (Å²) in [5.41, 5.74) is 6.28. The van der Waals surface area contributed by atoms with Crippen molar-refractivity contribution in [2.75, 3.05) is 5.32 Å². The Bertz CT molecular complexity index is 1330. The van der Waals surface area contributed by atoms with Crippen molar-refractivity contribution in [2.24, 2.45) is 0 Å². The quantitative estimate of drug-likeness (QED) is 0.352. The molecular formula is C28H23N3O. The standard InChI is InChI=1S/C28H23N3O/c1-19-10-8-9-15-23(19)22-16-17-24-25(18-22)30-31-27(24)29-28(32)26(20-11-4-2-5-12-20)21-13-6-3-7-14-21/h2-18,26H,1H3,(H2,29,30,31,32). The van der Waals surface area contributed by atoms with Gasteiger partial charge in [-0.3, -0.25) is 9.89 Å². The van der Waals surface area contributed by atoms with Gasteiger partial charge in [0.2, 0.25) is 5.91 Å². The van der Waals surface area contributed by atoms with E-state index in [2.05, 4.69) is 46.7 Å². The van der Waals surface area contributed by atoms with E-state index in [4.69, 9.17) is 0 Å². The third-order valence-corrected chi connectivity index (χ3v) is 5.79. The second kappa shape index (κ2) is 8.52. The fourth-order valence-corrected chi connectivity index (χ4v) is 4.15. The van der Waals surface area contributed by atoms with Gasteiger partial charge in [-0.15, -0.1) is 0 Å². The number of rotatable bonds is 5. The van der Waals surface area contributed by atoms with Gasteiger partial charge in [-0.25, -0.2) is 0 Å². The van der Waals surface area contributed by atoms with E-state index in [-0.39, 0.29) is 5.91 Å². The minimum absolute atomic E-state index is 0.112. The molecule has 0 radical (unpaired) electrons. The van der Waals surface area contributed by atoms with E-state index in [9.17, 15) is 4.79 Å². The average Bonchev–Trinajstić information content (AvgIpc) is 3.23. The van der Waals surface area contributed by atoms with Crippen LogP contribution in [0.15, 0.2) is 103 Å². The van der Waals surface area contributed by atoms with Crippen molar-refractivity contribution in [1.82, 2.24) is 10.2 Å². The fourth-order valence-electron chi connectivity index (χ4n) is 4.15. The molecule has 0 atom stereocenters. The Kier molecular flexibility index (Phi) is 5.26. The lowest BCUT2D eigenvalue weighted by Gasteiger charge is -2.17. The van der Waals surface area contributed by atoms with Gasteiger partial charge in [0.25, 0.3) is 0 Å². The summed E-state index contributed by atoms with van der Waals surface area (Å²) in [5, 5.41) is 11.4. The highest BCUT2D eigenvalue weighted by Gasteiger charge is 2.24. The molecule has 4 nitrogen and oxygen atoms in total. The van der Waals surface area contributed by atoms with E-state index in [1.165, 1.54) is 11.1 Å². The fraction of sp³-hybridized carbons (Fsp3) is 0.0714. The first-order valence-electron chi connectivity index (χ1n) is 10.7. The first-order valence-corrected chi connectivity index (χ1v) is 10.7. The van der Waals surface area contributed by atoms with Gasteiger partial charge in [-0.2, -0.15) is 5.10 Å². The lowest BCUT2D eigenvalue weighted by molar-refractivity contribution is -0.116. The maximum absolute atomic E-state index is 13.4. The molecule has 0 spiro atoms. The van der Waals surface area contributed by atoms with Crippen LogP contribution in [0.1, 0.15) is 22.6 Å². The van der Waals surface area contributed by atoms with Crippen LogP contribution in [0.25, 0.3) is 22.0 Å². The predicted octanol–water partition coefficient (Wildman–Crippen LogP) is 6.31. The molecule has 0 unspecified atom stereocenters. The minimum Gasteiger partial charge on any atom is -0.308 e. The van der Waals surface area contributed by atoms with Crippen LogP contribution in [0.2, 0.25) is 0 Å². The zero-order valence-electron chi connectivity index (χ0n) is 17.7. The Labute approximate surface area is 186 Å². The SMILES string of the molecule is Cc1ccccc1-c1ccc2c(NC(=O)C(c3ccccc3)c3ccccc3)n[nH]c2c1. The second-order valence-corrected chi connectivity index (χ2v) is 7.89. The summed E-state index contributed by atoms with van der Waals surface area (Å²) < 4.78 is 0. The number of nitrogens with one attached hydrogen (secondary N) is 2. The number of nitrogens with zero attached hydrogens (tertiary/aromatic N) is 1. The van der Waals surface area contributed by atoms with E-state index < -0.39 is 5.92 Å². The van der Waals surface area contributed by atoms with Gasteiger partial charge in [0.15, 0.2) is 5.82 Å². The van der Waals surface area contributed by atoms with Gasteiger partial charge < -0.3 is 5.32 Å². The first kappa shape index (κ1) is 19.8. The minimum atomic E-state index is -0.421. The number of fused-ring (bicyclic) bond motifs is 1. The van der Waals surface area contributed by atoms with E-state index in [0.29, 0.717) is 5.82 Å². The predicted molar refractivity (Wildman–Crippen MR) is 130 cm³/mol. The van der Waals surface area contributed by atoms with Gasteiger partial charge in [-0.05, 0) is 46.9 Å². The number of hydrogen-bond acceptors (Lipinski definition) is 2. The molecule has 2 N–H and O–H groups in total. The van der Waals surface area contributed by atoms with Crippen molar-refractivity contribution in [1.29, 1.82) is 0 Å². The zero-order valence-corrected chi connectivity index (χ0v) is 17.7. The van der Waals surface area contributed by atoms with Crippen LogP contribution in [-0.2, 0) is 4.79 Å². The Hall–Kier alpha value is -4.18. The molecule has 0 saturated carbocycles. The molecule has 1 amide bonds. The second-order valence-electron chi connectivity index (χ2n) is 7.89. The summed E-state index contributed by atoms with van der Waals surface area (Å²) >= 11 is 0. The molecule has 0 aliphatic heterocycles. The first-order chi connectivity index (χ1) is 15.7. The molecule has 5 rings (SSSR count). The number of aryl methyl sites for hydroxylation is 1. The molecule has 0 aliphatic rings. The van der Waals surface area contributed by atoms with E-state index in [1.54, 1.807) is 0 Å². The number of aromatic amines is 1. The van der Waals surface area contributed by atoms with Crippen LogP contribution in [0.3, 0.4) is 0 Å². The lowest BCUT2D eigenvalue weighted by Crippen LogP contribution is -2.22. The number of benzene rings is 4. The van der Waals surface area contributed by atoms with Crippen LogP contribution in [0.5, 0.6) is 0 Å². The summed E-state index contributed by atoms with van der Waals surface area (Å²) in [5.74, 6) is 0.00682. The molecule has 0 aliphatic carbocycles. The molecular weight excluding hydrogens is 394 g/mol. The molecule has 0 saturated heterocycles. The Morgan fingerprint density at radius 2 is 1.44 bits per heavy atom. The topological polar surface area (TPSA) is 57.8 Å². The van der Waals surface area contributed by atoms with Crippen LogP contribution < -0.4 is 5.32 Å². The van der Waals surface area contributed by atoms with Crippen molar-refractivity contribution in [3.63, 3.8) is 0 Å². The van der Waals surface area contributed by atoms with E-state index >= 15 is 0 Å². The summed E-state index contributed by atoms with van der Waals surface area (Å²) in [6.45, 7) is 2.10. The maximum atomic E-state index is 13.4. The summed E-state index contributed by atoms with van der Waals surface area (Å²) in [6, 6.07) is 34.1. The van der Waals surface area contributed by atoms with Crippen LogP contribution in [0, 0.1) is 6.92 Å².